The van der Waals surface area contributed by atoms with Gasteiger partial charge in [0.15, 0.2) is 0 Å². The number of benzene rings is 1. The van der Waals surface area contributed by atoms with Crippen LogP contribution in [0.3, 0.4) is 0 Å². The second-order valence-corrected chi connectivity index (χ2v) is 5.91. The van der Waals surface area contributed by atoms with Gasteiger partial charge in [0.25, 0.3) is 0 Å². The second kappa shape index (κ2) is 4.10. The van der Waals surface area contributed by atoms with Crippen LogP contribution in [-0.2, 0) is 12.8 Å². The zero-order valence-corrected chi connectivity index (χ0v) is 10.7. The van der Waals surface area contributed by atoms with E-state index in [2.05, 4.69) is 18.2 Å². The van der Waals surface area contributed by atoms with Crippen molar-refractivity contribution in [2.75, 3.05) is 0 Å². The van der Waals surface area contributed by atoms with Gasteiger partial charge in [-0.3, -0.25) is 0 Å². The topological polar surface area (TPSA) is 44.0 Å². The predicted molar refractivity (Wildman–Crippen MR) is 69.9 cm³/mol. The van der Waals surface area contributed by atoms with Crippen LogP contribution in [0.4, 0.5) is 0 Å². The highest BCUT2D eigenvalue weighted by atomic mass is 16.3. The minimum Gasteiger partial charge on any atom is -0.388 e. The molecule has 2 aliphatic rings. The van der Waals surface area contributed by atoms with E-state index in [9.17, 15) is 10.4 Å². The van der Waals surface area contributed by atoms with Gasteiger partial charge in [0.1, 0.15) is 0 Å². The molecule has 94 valence electrons. The van der Waals surface area contributed by atoms with Crippen molar-refractivity contribution in [1.82, 2.24) is 0 Å². The largest absolute Gasteiger partial charge is 0.388 e. The predicted octanol–water partition coefficient (Wildman–Crippen LogP) is 2.99. The first kappa shape index (κ1) is 11.7. The molecule has 18 heavy (non-hydrogen) atoms. The lowest BCUT2D eigenvalue weighted by molar-refractivity contribution is -0.0787. The van der Waals surface area contributed by atoms with Crippen LogP contribution in [0.2, 0.25) is 0 Å². The average molecular weight is 241 g/mol. The van der Waals surface area contributed by atoms with E-state index in [4.69, 9.17) is 0 Å². The normalized spacial score (nSPS) is 24.2. The van der Waals surface area contributed by atoms with Crippen LogP contribution in [0.1, 0.15) is 43.2 Å². The minimum atomic E-state index is -0.779. The Kier molecular flexibility index (Phi) is 2.68. The summed E-state index contributed by atoms with van der Waals surface area (Å²) in [6, 6.07) is 10.7. The molecular weight excluding hydrogens is 222 g/mol. The zero-order valence-electron chi connectivity index (χ0n) is 10.7. The molecule has 3 rings (SSSR count). The first-order valence-corrected chi connectivity index (χ1v) is 6.90. The molecule has 2 aliphatic carbocycles. The number of hydrogen-bond donors (Lipinski definition) is 1. The number of hydrogen-bond acceptors (Lipinski definition) is 2. The van der Waals surface area contributed by atoms with Crippen LogP contribution in [0.15, 0.2) is 24.3 Å². The summed E-state index contributed by atoms with van der Waals surface area (Å²) in [7, 11) is 0. The van der Waals surface area contributed by atoms with Gasteiger partial charge in [-0.05, 0) is 36.8 Å². The fourth-order valence-electron chi connectivity index (χ4n) is 3.74. The number of fused-ring (bicyclic) bond motifs is 1. The molecule has 0 atom stereocenters. The van der Waals surface area contributed by atoms with Crippen molar-refractivity contribution in [3.8, 4) is 6.07 Å². The summed E-state index contributed by atoms with van der Waals surface area (Å²) in [5.74, 6) is 0. The minimum absolute atomic E-state index is 0.586. The van der Waals surface area contributed by atoms with E-state index in [1.165, 1.54) is 17.5 Å². The SMILES string of the molecule is N#CC1(C2(O)CCCCC2)Cc2ccccc2C1. The Balaban J connectivity index is 1.97. The van der Waals surface area contributed by atoms with Crippen molar-refractivity contribution < 1.29 is 5.11 Å². The molecule has 1 fully saturated rings. The number of rotatable bonds is 1. The maximum Gasteiger partial charge on any atom is 0.0940 e. The van der Waals surface area contributed by atoms with E-state index in [1.54, 1.807) is 0 Å². The highest BCUT2D eigenvalue weighted by Crippen LogP contribution is 2.50. The number of aliphatic hydroxyl groups is 1. The van der Waals surface area contributed by atoms with Crippen molar-refractivity contribution in [2.24, 2.45) is 5.41 Å². The molecule has 0 bridgehead atoms. The maximum absolute atomic E-state index is 11.0. The molecule has 1 aromatic carbocycles. The van der Waals surface area contributed by atoms with Gasteiger partial charge in [-0.1, -0.05) is 43.5 Å². The highest BCUT2D eigenvalue weighted by Gasteiger charge is 2.53. The summed E-state index contributed by atoms with van der Waals surface area (Å²) in [5, 5.41) is 20.7. The summed E-state index contributed by atoms with van der Waals surface area (Å²) in [6.07, 6.45) is 6.30. The number of nitrogens with zero attached hydrogens (tertiary/aromatic N) is 1. The van der Waals surface area contributed by atoms with Crippen molar-refractivity contribution in [1.29, 1.82) is 5.26 Å². The van der Waals surface area contributed by atoms with Gasteiger partial charge in [-0.2, -0.15) is 5.26 Å². The monoisotopic (exact) mass is 241 g/mol. The summed E-state index contributed by atoms with van der Waals surface area (Å²) in [6.45, 7) is 0. The molecule has 0 spiro atoms. The van der Waals surface area contributed by atoms with Crippen LogP contribution in [0.25, 0.3) is 0 Å². The highest BCUT2D eigenvalue weighted by molar-refractivity contribution is 5.39. The van der Waals surface area contributed by atoms with E-state index >= 15 is 0 Å². The van der Waals surface area contributed by atoms with Crippen LogP contribution in [0, 0.1) is 16.7 Å². The molecule has 0 aromatic heterocycles. The second-order valence-electron chi connectivity index (χ2n) is 5.91. The van der Waals surface area contributed by atoms with E-state index in [1.807, 2.05) is 12.1 Å². The van der Waals surface area contributed by atoms with Gasteiger partial charge in [-0.15, -0.1) is 0 Å². The van der Waals surface area contributed by atoms with Crippen molar-refractivity contribution in [3.05, 3.63) is 35.4 Å². The van der Waals surface area contributed by atoms with Gasteiger partial charge in [0.05, 0.1) is 17.1 Å². The van der Waals surface area contributed by atoms with Crippen LogP contribution in [0.5, 0.6) is 0 Å². The summed E-state index contributed by atoms with van der Waals surface area (Å²) < 4.78 is 0. The van der Waals surface area contributed by atoms with Crippen molar-refractivity contribution >= 4 is 0 Å². The third kappa shape index (κ3) is 1.58. The zero-order chi connectivity index (χ0) is 12.6. The standard InChI is InChI=1S/C16H19NO/c17-12-15(16(18)8-4-1-5-9-16)10-13-6-2-3-7-14(13)11-15/h2-3,6-7,18H,1,4-5,8-11H2. The lowest BCUT2D eigenvalue weighted by Gasteiger charge is -2.43. The molecule has 0 aliphatic heterocycles. The molecule has 1 aromatic rings. The Morgan fingerprint density at radius 1 is 1.00 bits per heavy atom. The molecular formula is C16H19NO. The summed E-state index contributed by atoms with van der Waals surface area (Å²) >= 11 is 0. The molecule has 0 unspecified atom stereocenters. The third-order valence-corrected chi connectivity index (χ3v) is 4.89. The van der Waals surface area contributed by atoms with Gasteiger partial charge in [0.2, 0.25) is 0 Å². The van der Waals surface area contributed by atoms with Crippen molar-refractivity contribution in [3.63, 3.8) is 0 Å². The Bertz CT molecular complexity index is 469. The smallest absolute Gasteiger partial charge is 0.0940 e. The van der Waals surface area contributed by atoms with Crippen molar-refractivity contribution in [2.45, 2.75) is 50.5 Å². The van der Waals surface area contributed by atoms with Gasteiger partial charge >= 0.3 is 0 Å². The molecule has 2 heteroatoms. The molecule has 1 N–H and O–H groups in total. The van der Waals surface area contributed by atoms with E-state index in [0.717, 1.165) is 38.5 Å². The Morgan fingerprint density at radius 2 is 1.56 bits per heavy atom. The fourth-order valence-corrected chi connectivity index (χ4v) is 3.74. The van der Waals surface area contributed by atoms with E-state index in [-0.39, 0.29) is 0 Å². The molecule has 0 radical (unpaired) electrons. The van der Waals surface area contributed by atoms with Crippen LogP contribution >= 0.6 is 0 Å². The molecule has 0 amide bonds. The lowest BCUT2D eigenvalue weighted by Crippen LogP contribution is -2.49. The molecule has 1 saturated carbocycles. The van der Waals surface area contributed by atoms with Gasteiger partial charge in [-0.25, -0.2) is 0 Å². The first-order valence-electron chi connectivity index (χ1n) is 6.90. The lowest BCUT2D eigenvalue weighted by atomic mass is 9.64. The van der Waals surface area contributed by atoms with Crippen LogP contribution < -0.4 is 0 Å². The van der Waals surface area contributed by atoms with Crippen LogP contribution in [-0.4, -0.2) is 10.7 Å². The first-order chi connectivity index (χ1) is 8.69. The Labute approximate surface area is 108 Å². The molecule has 0 heterocycles. The summed E-state index contributed by atoms with van der Waals surface area (Å²) in [5.41, 5.74) is 1.13. The molecule has 2 nitrogen and oxygen atoms in total. The van der Waals surface area contributed by atoms with Gasteiger partial charge < -0.3 is 5.11 Å². The maximum atomic E-state index is 11.0. The Hall–Kier alpha value is -1.33. The average Bonchev–Trinajstić information content (AvgIpc) is 2.80. The quantitative estimate of drug-likeness (QED) is 0.821. The number of nitriles is 1. The van der Waals surface area contributed by atoms with E-state index in [0.29, 0.717) is 0 Å². The van der Waals surface area contributed by atoms with E-state index < -0.39 is 11.0 Å². The Morgan fingerprint density at radius 3 is 2.06 bits per heavy atom. The fraction of sp³-hybridized carbons (Fsp3) is 0.562. The molecule has 0 saturated heterocycles. The summed E-state index contributed by atoms with van der Waals surface area (Å²) in [4.78, 5) is 0. The van der Waals surface area contributed by atoms with Gasteiger partial charge in [0, 0.05) is 0 Å². The third-order valence-electron chi connectivity index (χ3n) is 4.89.